The lowest BCUT2D eigenvalue weighted by atomic mass is 10.2. The molecule has 0 saturated carbocycles. The van der Waals surface area contributed by atoms with Crippen LogP contribution >= 0.6 is 0 Å². The Morgan fingerprint density at radius 3 is 2.37 bits per heavy atom. The molecule has 0 aromatic heterocycles. The van der Waals surface area contributed by atoms with Crippen LogP contribution in [0.4, 0.5) is 4.39 Å². The first-order chi connectivity index (χ1) is 8.88. The standard InChI is InChI=1S/C12H17FN2O3S/c1-4-15(5-2)19(17,18)9-6-7-11(13)10(8-9)12(16)14-3/h6-8H,4-5H2,1-3H3,(H,14,16). The van der Waals surface area contributed by atoms with Gasteiger partial charge in [-0.15, -0.1) is 0 Å². The van der Waals surface area contributed by atoms with Crippen LogP contribution in [0.3, 0.4) is 0 Å². The molecule has 1 aromatic rings. The minimum Gasteiger partial charge on any atom is -0.355 e. The summed E-state index contributed by atoms with van der Waals surface area (Å²) in [7, 11) is -2.34. The Morgan fingerprint density at radius 1 is 1.32 bits per heavy atom. The van der Waals surface area contributed by atoms with Gasteiger partial charge in [0.1, 0.15) is 5.82 Å². The van der Waals surface area contributed by atoms with E-state index in [1.165, 1.54) is 11.4 Å². The van der Waals surface area contributed by atoms with Gasteiger partial charge in [0, 0.05) is 20.1 Å². The molecule has 0 heterocycles. The lowest BCUT2D eigenvalue weighted by Crippen LogP contribution is -2.31. The highest BCUT2D eigenvalue weighted by Gasteiger charge is 2.23. The molecule has 0 unspecified atom stereocenters. The Morgan fingerprint density at radius 2 is 1.89 bits per heavy atom. The molecule has 0 fully saturated rings. The fourth-order valence-electron chi connectivity index (χ4n) is 1.69. The molecule has 19 heavy (non-hydrogen) atoms. The molecule has 1 N–H and O–H groups in total. The number of hydrogen-bond donors (Lipinski definition) is 1. The smallest absolute Gasteiger partial charge is 0.254 e. The molecule has 0 saturated heterocycles. The van der Waals surface area contributed by atoms with Crippen LogP contribution in [-0.2, 0) is 10.0 Å². The molecule has 0 bridgehead atoms. The molecule has 0 radical (unpaired) electrons. The molecule has 1 aromatic carbocycles. The molecule has 0 aliphatic carbocycles. The van der Waals surface area contributed by atoms with E-state index in [1.807, 2.05) is 0 Å². The van der Waals surface area contributed by atoms with Crippen LogP contribution in [0.2, 0.25) is 0 Å². The SMILES string of the molecule is CCN(CC)S(=O)(=O)c1ccc(F)c(C(=O)NC)c1. The molecule has 1 amide bonds. The van der Waals surface area contributed by atoms with Gasteiger partial charge < -0.3 is 5.32 Å². The van der Waals surface area contributed by atoms with E-state index < -0.39 is 21.7 Å². The van der Waals surface area contributed by atoms with E-state index in [4.69, 9.17) is 0 Å². The van der Waals surface area contributed by atoms with Crippen LogP contribution in [0.15, 0.2) is 23.1 Å². The van der Waals surface area contributed by atoms with E-state index in [0.29, 0.717) is 13.1 Å². The lowest BCUT2D eigenvalue weighted by molar-refractivity contribution is 0.0959. The molecular weight excluding hydrogens is 271 g/mol. The van der Waals surface area contributed by atoms with Gasteiger partial charge in [0.15, 0.2) is 0 Å². The third-order valence-corrected chi connectivity index (χ3v) is 4.80. The first-order valence-electron chi connectivity index (χ1n) is 5.90. The van der Waals surface area contributed by atoms with E-state index >= 15 is 0 Å². The van der Waals surface area contributed by atoms with Crippen molar-refractivity contribution < 1.29 is 17.6 Å². The van der Waals surface area contributed by atoms with Crippen molar-refractivity contribution in [2.45, 2.75) is 18.7 Å². The number of carbonyl (C=O) groups is 1. The van der Waals surface area contributed by atoms with Gasteiger partial charge in [0.05, 0.1) is 10.5 Å². The summed E-state index contributed by atoms with van der Waals surface area (Å²) in [6, 6.07) is 3.21. The zero-order valence-corrected chi connectivity index (χ0v) is 11.9. The minimum absolute atomic E-state index is 0.0869. The van der Waals surface area contributed by atoms with Crippen molar-refractivity contribution in [1.82, 2.24) is 9.62 Å². The molecule has 0 atom stereocenters. The highest BCUT2D eigenvalue weighted by atomic mass is 32.2. The number of amides is 1. The van der Waals surface area contributed by atoms with E-state index in [9.17, 15) is 17.6 Å². The summed E-state index contributed by atoms with van der Waals surface area (Å²) in [4.78, 5) is 11.4. The molecule has 5 nitrogen and oxygen atoms in total. The monoisotopic (exact) mass is 288 g/mol. The topological polar surface area (TPSA) is 66.5 Å². The number of halogens is 1. The molecule has 1 rings (SSSR count). The second kappa shape index (κ2) is 6.12. The molecule has 106 valence electrons. The summed E-state index contributed by atoms with van der Waals surface area (Å²) in [6.07, 6.45) is 0. The van der Waals surface area contributed by atoms with Crippen LogP contribution < -0.4 is 5.32 Å². The Hall–Kier alpha value is -1.47. The number of nitrogens with one attached hydrogen (secondary N) is 1. The van der Waals surface area contributed by atoms with Crippen LogP contribution in [0.5, 0.6) is 0 Å². The van der Waals surface area contributed by atoms with Crippen LogP contribution in [0.25, 0.3) is 0 Å². The van der Waals surface area contributed by atoms with Crippen molar-refractivity contribution in [2.75, 3.05) is 20.1 Å². The summed E-state index contributed by atoms with van der Waals surface area (Å²) < 4.78 is 39.2. The predicted octanol–water partition coefficient (Wildman–Crippen LogP) is 1.22. The average Bonchev–Trinajstić information content (AvgIpc) is 2.39. The summed E-state index contributed by atoms with van der Waals surface area (Å²) >= 11 is 0. The van der Waals surface area contributed by atoms with Gasteiger partial charge in [-0.2, -0.15) is 4.31 Å². The Labute approximate surface area is 112 Å². The maximum absolute atomic E-state index is 13.5. The van der Waals surface area contributed by atoms with Gasteiger partial charge >= 0.3 is 0 Å². The summed E-state index contributed by atoms with van der Waals surface area (Å²) in [6.45, 7) is 4.05. The Kier molecular flexibility index (Phi) is 5.02. The van der Waals surface area contributed by atoms with Gasteiger partial charge in [0.2, 0.25) is 10.0 Å². The van der Waals surface area contributed by atoms with E-state index in [2.05, 4.69) is 5.32 Å². The van der Waals surface area contributed by atoms with Gasteiger partial charge in [-0.25, -0.2) is 12.8 Å². The molecular formula is C12H17FN2O3S. The Balaban J connectivity index is 3.33. The number of hydrogen-bond acceptors (Lipinski definition) is 3. The van der Waals surface area contributed by atoms with E-state index in [0.717, 1.165) is 18.2 Å². The summed E-state index contributed by atoms with van der Waals surface area (Å²) in [5.74, 6) is -1.41. The zero-order valence-electron chi connectivity index (χ0n) is 11.1. The van der Waals surface area contributed by atoms with Crippen LogP contribution in [0, 0.1) is 5.82 Å². The van der Waals surface area contributed by atoms with Crippen molar-refractivity contribution in [3.63, 3.8) is 0 Å². The highest BCUT2D eigenvalue weighted by Crippen LogP contribution is 2.19. The van der Waals surface area contributed by atoms with Crippen molar-refractivity contribution in [2.24, 2.45) is 0 Å². The predicted molar refractivity (Wildman–Crippen MR) is 69.9 cm³/mol. The number of rotatable bonds is 5. The van der Waals surface area contributed by atoms with Crippen molar-refractivity contribution in [1.29, 1.82) is 0 Å². The summed E-state index contributed by atoms with van der Waals surface area (Å²) in [5.41, 5.74) is -0.282. The third-order valence-electron chi connectivity index (χ3n) is 2.75. The van der Waals surface area contributed by atoms with Gasteiger partial charge in [-0.1, -0.05) is 13.8 Å². The third kappa shape index (κ3) is 3.10. The first kappa shape index (κ1) is 15.6. The van der Waals surface area contributed by atoms with Gasteiger partial charge in [0.25, 0.3) is 5.91 Å². The summed E-state index contributed by atoms with van der Waals surface area (Å²) in [5, 5.41) is 2.27. The highest BCUT2D eigenvalue weighted by molar-refractivity contribution is 7.89. The van der Waals surface area contributed by atoms with E-state index in [1.54, 1.807) is 13.8 Å². The number of sulfonamides is 1. The molecule has 0 aliphatic rings. The normalized spacial score (nSPS) is 11.6. The largest absolute Gasteiger partial charge is 0.355 e. The lowest BCUT2D eigenvalue weighted by Gasteiger charge is -2.18. The maximum atomic E-state index is 13.5. The maximum Gasteiger partial charge on any atom is 0.254 e. The van der Waals surface area contributed by atoms with Crippen molar-refractivity contribution in [3.05, 3.63) is 29.6 Å². The number of carbonyl (C=O) groups excluding carboxylic acids is 1. The molecule has 0 aliphatic heterocycles. The second-order valence-electron chi connectivity index (χ2n) is 3.81. The minimum atomic E-state index is -3.70. The Bertz CT molecular complexity index is 568. The second-order valence-corrected chi connectivity index (χ2v) is 5.75. The van der Waals surface area contributed by atoms with Crippen molar-refractivity contribution in [3.8, 4) is 0 Å². The number of benzene rings is 1. The molecule has 7 heteroatoms. The van der Waals surface area contributed by atoms with Gasteiger partial charge in [-0.05, 0) is 18.2 Å². The van der Waals surface area contributed by atoms with Gasteiger partial charge in [-0.3, -0.25) is 4.79 Å². The van der Waals surface area contributed by atoms with Crippen molar-refractivity contribution >= 4 is 15.9 Å². The average molecular weight is 288 g/mol. The van der Waals surface area contributed by atoms with Crippen LogP contribution in [0.1, 0.15) is 24.2 Å². The number of nitrogens with zero attached hydrogens (tertiary/aromatic N) is 1. The molecule has 0 spiro atoms. The van der Waals surface area contributed by atoms with Crippen LogP contribution in [-0.4, -0.2) is 38.8 Å². The first-order valence-corrected chi connectivity index (χ1v) is 7.34. The zero-order chi connectivity index (χ0) is 14.6. The van der Waals surface area contributed by atoms with E-state index in [-0.39, 0.29) is 10.5 Å². The fourth-order valence-corrected chi connectivity index (χ4v) is 3.17. The quantitative estimate of drug-likeness (QED) is 0.886. The fraction of sp³-hybridized carbons (Fsp3) is 0.417.